The number of anilines is 1. The van der Waals surface area contributed by atoms with E-state index >= 15 is 0 Å². The van der Waals surface area contributed by atoms with Gasteiger partial charge in [-0.05, 0) is 19.3 Å². The molecule has 112 valence electrons. The van der Waals surface area contributed by atoms with E-state index in [1.165, 1.54) is 32.1 Å². The summed E-state index contributed by atoms with van der Waals surface area (Å²) in [4.78, 5) is 16.7. The Balaban J connectivity index is 1.70. The Morgan fingerprint density at radius 3 is 2.85 bits per heavy atom. The number of hydrogen-bond acceptors (Lipinski definition) is 4. The summed E-state index contributed by atoms with van der Waals surface area (Å²) in [6.07, 6.45) is 9.26. The summed E-state index contributed by atoms with van der Waals surface area (Å²) >= 11 is 1.63. The molecule has 2 rings (SSSR count). The number of carboxylic acids is 1. The van der Waals surface area contributed by atoms with E-state index in [2.05, 4.69) is 17.2 Å². The number of thiazole rings is 1. The highest BCUT2D eigenvalue weighted by Crippen LogP contribution is 2.38. The quantitative estimate of drug-likeness (QED) is 0.675. The second-order valence-electron chi connectivity index (χ2n) is 5.45. The van der Waals surface area contributed by atoms with E-state index in [-0.39, 0.29) is 5.92 Å². The summed E-state index contributed by atoms with van der Waals surface area (Å²) in [5, 5.41) is 13.4. The topological polar surface area (TPSA) is 62.2 Å². The monoisotopic (exact) mass is 296 g/mol. The maximum atomic E-state index is 11.1. The zero-order chi connectivity index (χ0) is 14.4. The summed E-state index contributed by atoms with van der Waals surface area (Å²) in [7, 11) is 0. The molecule has 1 atom stereocenters. The smallest absolute Gasteiger partial charge is 0.312 e. The van der Waals surface area contributed by atoms with Gasteiger partial charge in [0.25, 0.3) is 0 Å². The molecule has 0 saturated heterocycles. The molecule has 0 saturated carbocycles. The van der Waals surface area contributed by atoms with Crippen LogP contribution in [-0.4, -0.2) is 22.6 Å². The molecular weight excluding hydrogens is 272 g/mol. The fourth-order valence-electron chi connectivity index (χ4n) is 2.64. The summed E-state index contributed by atoms with van der Waals surface area (Å²) in [5.41, 5.74) is 0.799. The van der Waals surface area contributed by atoms with E-state index in [9.17, 15) is 4.79 Å². The number of aromatic nitrogens is 1. The van der Waals surface area contributed by atoms with E-state index in [4.69, 9.17) is 5.11 Å². The normalized spacial score (nSPS) is 17.1. The zero-order valence-corrected chi connectivity index (χ0v) is 13.0. The summed E-state index contributed by atoms with van der Waals surface area (Å²) in [5.74, 6) is -1.12. The Morgan fingerprint density at radius 1 is 1.35 bits per heavy atom. The number of carbonyl (C=O) groups is 1. The second kappa shape index (κ2) is 7.62. The Bertz CT molecular complexity index is 445. The minimum absolute atomic E-state index is 0.383. The van der Waals surface area contributed by atoms with Crippen LogP contribution in [0, 0.1) is 0 Å². The van der Waals surface area contributed by atoms with Crippen LogP contribution in [0.2, 0.25) is 0 Å². The van der Waals surface area contributed by atoms with E-state index in [1.807, 2.05) is 0 Å². The standard InChI is InChI=1S/C15H24N2O2S/c1-2-3-4-5-6-7-10-16-15-17-13-11(14(18)19)8-9-12(13)20-15/h11H,2-10H2,1H3,(H,16,17)(H,18,19). The average molecular weight is 296 g/mol. The molecule has 0 aliphatic heterocycles. The zero-order valence-electron chi connectivity index (χ0n) is 12.2. The molecule has 1 aromatic rings. The highest BCUT2D eigenvalue weighted by Gasteiger charge is 2.32. The first kappa shape index (κ1) is 15.3. The van der Waals surface area contributed by atoms with Crippen molar-refractivity contribution in [1.82, 2.24) is 4.98 Å². The highest BCUT2D eigenvalue weighted by atomic mass is 32.1. The van der Waals surface area contributed by atoms with Crippen LogP contribution in [0.4, 0.5) is 5.13 Å². The van der Waals surface area contributed by atoms with Gasteiger partial charge in [0.15, 0.2) is 5.13 Å². The molecule has 0 bridgehead atoms. The lowest BCUT2D eigenvalue weighted by atomic mass is 10.1. The van der Waals surface area contributed by atoms with Gasteiger partial charge in [0.1, 0.15) is 5.92 Å². The molecule has 2 N–H and O–H groups in total. The minimum atomic E-state index is -0.739. The summed E-state index contributed by atoms with van der Waals surface area (Å²) in [6.45, 7) is 3.17. The van der Waals surface area contributed by atoms with Gasteiger partial charge in [-0.3, -0.25) is 4.79 Å². The van der Waals surface area contributed by atoms with Gasteiger partial charge in [0.05, 0.1) is 5.69 Å². The van der Waals surface area contributed by atoms with E-state index < -0.39 is 5.97 Å². The number of carboxylic acid groups (broad SMARTS) is 1. The van der Waals surface area contributed by atoms with Crippen molar-refractivity contribution in [2.24, 2.45) is 0 Å². The van der Waals surface area contributed by atoms with Crippen LogP contribution in [0.1, 0.15) is 68.4 Å². The highest BCUT2D eigenvalue weighted by molar-refractivity contribution is 7.15. The first-order valence-corrected chi connectivity index (χ1v) is 8.50. The van der Waals surface area contributed by atoms with Crippen LogP contribution in [-0.2, 0) is 11.2 Å². The molecule has 0 spiro atoms. The fourth-order valence-corrected chi connectivity index (χ4v) is 3.71. The Labute approximate surface area is 124 Å². The van der Waals surface area contributed by atoms with Gasteiger partial charge < -0.3 is 10.4 Å². The average Bonchev–Trinajstić information content (AvgIpc) is 2.96. The molecular formula is C15H24N2O2S. The summed E-state index contributed by atoms with van der Waals surface area (Å²) < 4.78 is 0. The van der Waals surface area contributed by atoms with Gasteiger partial charge in [0.2, 0.25) is 0 Å². The van der Waals surface area contributed by atoms with Gasteiger partial charge in [0, 0.05) is 11.4 Å². The van der Waals surface area contributed by atoms with Gasteiger partial charge in [-0.25, -0.2) is 4.98 Å². The van der Waals surface area contributed by atoms with Crippen LogP contribution >= 0.6 is 11.3 Å². The van der Waals surface area contributed by atoms with Gasteiger partial charge in [-0.2, -0.15) is 0 Å². The molecule has 4 nitrogen and oxygen atoms in total. The number of unbranched alkanes of at least 4 members (excludes halogenated alkanes) is 5. The largest absolute Gasteiger partial charge is 0.481 e. The molecule has 0 aromatic carbocycles. The lowest BCUT2D eigenvalue weighted by Crippen LogP contribution is -2.09. The van der Waals surface area contributed by atoms with Crippen molar-refractivity contribution >= 4 is 22.4 Å². The maximum Gasteiger partial charge on any atom is 0.312 e. The molecule has 1 aliphatic rings. The Kier molecular flexibility index (Phi) is 5.83. The molecule has 0 fully saturated rings. The fraction of sp³-hybridized carbons (Fsp3) is 0.733. The predicted molar refractivity (Wildman–Crippen MR) is 82.7 cm³/mol. The van der Waals surface area contributed by atoms with E-state index in [0.717, 1.165) is 35.1 Å². The van der Waals surface area contributed by atoms with E-state index in [0.29, 0.717) is 6.42 Å². The molecule has 5 heteroatoms. The number of aryl methyl sites for hydroxylation is 1. The number of aliphatic carboxylic acids is 1. The maximum absolute atomic E-state index is 11.1. The number of fused-ring (bicyclic) bond motifs is 1. The number of rotatable bonds is 9. The van der Waals surface area contributed by atoms with E-state index in [1.54, 1.807) is 11.3 Å². The lowest BCUT2D eigenvalue weighted by Gasteiger charge is -2.04. The van der Waals surface area contributed by atoms with Crippen LogP contribution in [0.25, 0.3) is 0 Å². The molecule has 1 unspecified atom stereocenters. The third kappa shape index (κ3) is 3.95. The molecule has 0 amide bonds. The molecule has 1 aliphatic carbocycles. The van der Waals surface area contributed by atoms with Crippen LogP contribution in [0.3, 0.4) is 0 Å². The summed E-state index contributed by atoms with van der Waals surface area (Å²) in [6, 6.07) is 0. The van der Waals surface area contributed by atoms with Crippen molar-refractivity contribution in [1.29, 1.82) is 0 Å². The Morgan fingerprint density at radius 2 is 2.10 bits per heavy atom. The molecule has 1 heterocycles. The predicted octanol–water partition coefficient (Wildman–Crippen LogP) is 4.03. The minimum Gasteiger partial charge on any atom is -0.481 e. The van der Waals surface area contributed by atoms with Gasteiger partial charge in [-0.15, -0.1) is 11.3 Å². The number of nitrogens with zero attached hydrogens (tertiary/aromatic N) is 1. The SMILES string of the molecule is CCCCCCCCNc1nc2c(s1)CCC2C(=O)O. The number of nitrogens with one attached hydrogen (secondary N) is 1. The number of hydrogen-bond donors (Lipinski definition) is 2. The lowest BCUT2D eigenvalue weighted by molar-refractivity contribution is -0.138. The first-order valence-electron chi connectivity index (χ1n) is 7.68. The van der Waals surface area contributed by atoms with Crippen molar-refractivity contribution in [3.8, 4) is 0 Å². The van der Waals surface area contributed by atoms with Crippen molar-refractivity contribution < 1.29 is 9.90 Å². The molecule has 0 radical (unpaired) electrons. The van der Waals surface area contributed by atoms with Crippen LogP contribution in [0.15, 0.2) is 0 Å². The van der Waals surface area contributed by atoms with Crippen LogP contribution in [0.5, 0.6) is 0 Å². The Hall–Kier alpha value is -1.10. The van der Waals surface area contributed by atoms with Crippen molar-refractivity contribution in [2.75, 3.05) is 11.9 Å². The van der Waals surface area contributed by atoms with Gasteiger partial charge in [-0.1, -0.05) is 39.0 Å². The van der Waals surface area contributed by atoms with Crippen molar-refractivity contribution in [3.63, 3.8) is 0 Å². The molecule has 20 heavy (non-hydrogen) atoms. The second-order valence-corrected chi connectivity index (χ2v) is 6.54. The van der Waals surface area contributed by atoms with Crippen molar-refractivity contribution in [3.05, 3.63) is 10.6 Å². The van der Waals surface area contributed by atoms with Gasteiger partial charge >= 0.3 is 5.97 Å². The first-order chi connectivity index (χ1) is 9.72. The van der Waals surface area contributed by atoms with Crippen molar-refractivity contribution in [2.45, 2.75) is 64.2 Å². The molecule has 1 aromatic heterocycles. The third-order valence-electron chi connectivity index (χ3n) is 3.82. The third-order valence-corrected chi connectivity index (χ3v) is 4.91. The van der Waals surface area contributed by atoms with Crippen LogP contribution < -0.4 is 5.32 Å².